The molecule has 41 heavy (non-hydrogen) atoms. The minimum Gasteiger partial charge on any atom is -0.450 e. The van der Waals surface area contributed by atoms with Crippen molar-refractivity contribution in [3.05, 3.63) is 87.6 Å². The fourth-order valence-corrected chi connectivity index (χ4v) is 5.62. The molecule has 0 fully saturated rings. The lowest BCUT2D eigenvalue weighted by molar-refractivity contribution is -0.129. The molecule has 3 aromatic carbocycles. The number of halogens is 3. The SMILES string of the molecule is CC[C@H](C)[C@H](N)C(=O)N(Cc1cccc(-c2ccc3c(N)c(C(=O)c4ccc(Cl)cc4Cl)oc3c2)c1)S(C)(=O)=O.Cl. The Morgan fingerprint density at radius 1 is 1.02 bits per heavy atom. The molecule has 0 saturated heterocycles. The topological polar surface area (TPSA) is 137 Å². The molecule has 1 aromatic heterocycles. The van der Waals surface area contributed by atoms with Crippen LogP contribution in [0.3, 0.4) is 0 Å². The van der Waals surface area contributed by atoms with Crippen molar-refractivity contribution in [3.63, 3.8) is 0 Å². The van der Waals surface area contributed by atoms with Crippen LogP contribution in [0.5, 0.6) is 0 Å². The molecule has 0 aliphatic carbocycles. The number of furan rings is 1. The van der Waals surface area contributed by atoms with Gasteiger partial charge in [0, 0.05) is 16.0 Å². The smallest absolute Gasteiger partial charge is 0.253 e. The van der Waals surface area contributed by atoms with Crippen molar-refractivity contribution >= 4 is 74.0 Å². The standard InChI is InChI=1S/C29H29Cl2N3O5S.ClH/c1-4-16(2)25(32)29(36)34(40(3,37)38)15-17-6-5-7-18(12-17)19-8-10-22-24(13-19)39-28(26(22)33)27(35)21-11-9-20(30)14-23(21)31;/h5-14,16,25H,4,15,32-33H2,1-3H3;1H/t16-,25-;/m0./s1. The van der Waals surface area contributed by atoms with Gasteiger partial charge in [0.15, 0.2) is 5.76 Å². The van der Waals surface area contributed by atoms with Gasteiger partial charge in [-0.15, -0.1) is 12.4 Å². The van der Waals surface area contributed by atoms with Crippen LogP contribution < -0.4 is 11.5 Å². The largest absolute Gasteiger partial charge is 0.450 e. The summed E-state index contributed by atoms with van der Waals surface area (Å²) in [5, 5.41) is 1.14. The number of amides is 1. The molecule has 218 valence electrons. The summed E-state index contributed by atoms with van der Waals surface area (Å²) in [4.78, 5) is 26.1. The molecule has 4 aromatic rings. The van der Waals surface area contributed by atoms with Gasteiger partial charge in [0.25, 0.3) is 5.91 Å². The van der Waals surface area contributed by atoms with Crippen molar-refractivity contribution in [2.24, 2.45) is 11.7 Å². The highest BCUT2D eigenvalue weighted by Gasteiger charge is 2.31. The van der Waals surface area contributed by atoms with Crippen LogP contribution >= 0.6 is 35.6 Å². The van der Waals surface area contributed by atoms with Gasteiger partial charge in [-0.2, -0.15) is 0 Å². The number of anilines is 1. The summed E-state index contributed by atoms with van der Waals surface area (Å²) in [6.07, 6.45) is 1.63. The van der Waals surface area contributed by atoms with Gasteiger partial charge in [-0.05, 0) is 59.0 Å². The van der Waals surface area contributed by atoms with Crippen LogP contribution in [0.2, 0.25) is 10.0 Å². The molecule has 4 rings (SSSR count). The number of nitrogens with two attached hydrogens (primary N) is 2. The van der Waals surface area contributed by atoms with E-state index in [1.54, 1.807) is 36.4 Å². The molecule has 4 N–H and O–H groups in total. The summed E-state index contributed by atoms with van der Waals surface area (Å²) < 4.78 is 31.7. The summed E-state index contributed by atoms with van der Waals surface area (Å²) in [6.45, 7) is 3.54. The lowest BCUT2D eigenvalue weighted by Gasteiger charge is -2.26. The second kappa shape index (κ2) is 12.8. The van der Waals surface area contributed by atoms with Gasteiger partial charge in [0.1, 0.15) is 5.58 Å². The predicted molar refractivity (Wildman–Crippen MR) is 166 cm³/mol. The number of hydrogen-bond acceptors (Lipinski definition) is 7. The molecule has 0 bridgehead atoms. The number of carbonyl (C=O) groups is 2. The normalized spacial score (nSPS) is 12.9. The van der Waals surface area contributed by atoms with E-state index in [0.717, 1.165) is 21.7 Å². The van der Waals surface area contributed by atoms with E-state index in [1.807, 2.05) is 26.0 Å². The Kier molecular flexibility index (Phi) is 10.2. The Morgan fingerprint density at radius 2 is 1.71 bits per heavy atom. The second-order valence-electron chi connectivity index (χ2n) is 9.73. The molecule has 8 nitrogen and oxygen atoms in total. The minimum absolute atomic E-state index is 0. The summed E-state index contributed by atoms with van der Waals surface area (Å²) in [5.74, 6) is -1.33. The van der Waals surface area contributed by atoms with E-state index in [-0.39, 0.29) is 46.9 Å². The molecule has 0 aliphatic heterocycles. The van der Waals surface area contributed by atoms with E-state index in [4.69, 9.17) is 39.1 Å². The van der Waals surface area contributed by atoms with Gasteiger partial charge in [0.2, 0.25) is 15.8 Å². The third-order valence-electron chi connectivity index (χ3n) is 6.89. The average molecular weight is 639 g/mol. The van der Waals surface area contributed by atoms with Crippen LogP contribution in [0.1, 0.15) is 41.9 Å². The van der Waals surface area contributed by atoms with Crippen molar-refractivity contribution in [1.82, 2.24) is 4.31 Å². The van der Waals surface area contributed by atoms with E-state index in [0.29, 0.717) is 28.0 Å². The molecule has 2 atom stereocenters. The van der Waals surface area contributed by atoms with Crippen molar-refractivity contribution in [1.29, 1.82) is 0 Å². The molecule has 0 radical (unpaired) electrons. The molecule has 12 heteroatoms. The van der Waals surface area contributed by atoms with Crippen molar-refractivity contribution in [2.75, 3.05) is 12.0 Å². The van der Waals surface area contributed by atoms with E-state index in [1.165, 1.54) is 12.1 Å². The molecule has 0 spiro atoms. The van der Waals surface area contributed by atoms with E-state index in [9.17, 15) is 18.0 Å². The molecule has 0 saturated carbocycles. The fourth-order valence-electron chi connectivity index (χ4n) is 4.30. The maximum atomic E-state index is 13.1. The number of benzene rings is 3. The van der Waals surface area contributed by atoms with Crippen molar-refractivity contribution in [3.8, 4) is 11.1 Å². The van der Waals surface area contributed by atoms with Crippen molar-refractivity contribution in [2.45, 2.75) is 32.9 Å². The van der Waals surface area contributed by atoms with E-state index < -0.39 is 27.8 Å². The zero-order valence-corrected chi connectivity index (χ0v) is 25.7. The lowest BCUT2D eigenvalue weighted by atomic mass is 9.99. The van der Waals surface area contributed by atoms with Gasteiger partial charge in [-0.3, -0.25) is 9.59 Å². The molecular weight excluding hydrogens is 609 g/mol. The van der Waals surface area contributed by atoms with Crippen LogP contribution in [0.15, 0.2) is 65.1 Å². The molecular formula is C29H30Cl3N3O5S. The van der Waals surface area contributed by atoms with Gasteiger partial charge in [-0.25, -0.2) is 12.7 Å². The van der Waals surface area contributed by atoms with Gasteiger partial charge < -0.3 is 15.9 Å². The Bertz CT molecular complexity index is 1720. The monoisotopic (exact) mass is 637 g/mol. The number of nitrogen functional groups attached to an aromatic ring is 1. The average Bonchev–Trinajstić information content (AvgIpc) is 3.25. The van der Waals surface area contributed by atoms with Gasteiger partial charge >= 0.3 is 0 Å². The van der Waals surface area contributed by atoms with Crippen LogP contribution in [0.25, 0.3) is 22.1 Å². The molecule has 0 unspecified atom stereocenters. The van der Waals surface area contributed by atoms with E-state index in [2.05, 4.69) is 0 Å². The first kappa shape index (κ1) is 32.4. The number of fused-ring (bicyclic) bond motifs is 1. The Hall–Kier alpha value is -3.08. The number of ketones is 1. The van der Waals surface area contributed by atoms with Gasteiger partial charge in [0.05, 0.1) is 29.6 Å². The zero-order valence-electron chi connectivity index (χ0n) is 22.6. The number of carbonyl (C=O) groups excluding carboxylic acids is 2. The summed E-state index contributed by atoms with van der Waals surface area (Å²) in [5.41, 5.74) is 15.2. The van der Waals surface area contributed by atoms with E-state index >= 15 is 0 Å². The summed E-state index contributed by atoms with van der Waals surface area (Å²) in [7, 11) is -3.87. The summed E-state index contributed by atoms with van der Waals surface area (Å²) >= 11 is 12.2. The first-order chi connectivity index (χ1) is 18.8. The maximum absolute atomic E-state index is 13.1. The highest BCUT2D eigenvalue weighted by Crippen LogP contribution is 2.35. The van der Waals surface area contributed by atoms with Crippen LogP contribution in [0, 0.1) is 5.92 Å². The molecule has 1 amide bonds. The quantitative estimate of drug-likeness (QED) is 0.205. The lowest BCUT2D eigenvalue weighted by Crippen LogP contribution is -2.48. The number of sulfonamides is 1. The number of hydrogen-bond donors (Lipinski definition) is 2. The highest BCUT2D eigenvalue weighted by molar-refractivity contribution is 7.88. The molecule has 0 aliphatic rings. The number of rotatable bonds is 9. The van der Waals surface area contributed by atoms with Crippen molar-refractivity contribution < 1.29 is 22.4 Å². The van der Waals surface area contributed by atoms with Gasteiger partial charge in [-0.1, -0.05) is 67.7 Å². The van der Waals surface area contributed by atoms with Crippen LogP contribution in [-0.2, 0) is 21.4 Å². The zero-order chi connectivity index (χ0) is 29.4. The maximum Gasteiger partial charge on any atom is 0.253 e. The second-order valence-corrected chi connectivity index (χ2v) is 12.5. The molecule has 1 heterocycles. The Labute approximate surface area is 255 Å². The third kappa shape index (κ3) is 6.88. The first-order valence-corrected chi connectivity index (χ1v) is 15.1. The Morgan fingerprint density at radius 3 is 2.34 bits per heavy atom. The minimum atomic E-state index is -3.87. The van der Waals surface area contributed by atoms with Crippen LogP contribution in [0.4, 0.5) is 5.69 Å². The highest BCUT2D eigenvalue weighted by atomic mass is 35.5. The Balaban J connectivity index is 0.00000462. The third-order valence-corrected chi connectivity index (χ3v) is 8.54. The van der Waals surface area contributed by atoms with Crippen LogP contribution in [-0.4, -0.2) is 36.7 Å². The first-order valence-electron chi connectivity index (χ1n) is 12.5. The predicted octanol–water partition coefficient (Wildman–Crippen LogP) is 6.30. The summed E-state index contributed by atoms with van der Waals surface area (Å²) in [6, 6.07) is 16.0. The fraction of sp³-hybridized carbons (Fsp3) is 0.241. The number of nitrogens with zero attached hydrogens (tertiary/aromatic N) is 1.